The van der Waals surface area contributed by atoms with E-state index in [2.05, 4.69) is 10.3 Å². The maximum Gasteiger partial charge on any atom is 0.251 e. The molecule has 1 aliphatic carbocycles. The molecule has 1 aromatic heterocycles. The van der Waals surface area contributed by atoms with Crippen molar-refractivity contribution in [2.45, 2.75) is 64.3 Å². The first-order valence-corrected chi connectivity index (χ1v) is 12.0. The van der Waals surface area contributed by atoms with Gasteiger partial charge in [0.2, 0.25) is 11.8 Å². The van der Waals surface area contributed by atoms with E-state index in [0.717, 1.165) is 23.6 Å². The van der Waals surface area contributed by atoms with Crippen LogP contribution < -0.4 is 10.1 Å². The number of carbonyl (C=O) groups is 1. The number of alkyl halides is 2. The van der Waals surface area contributed by atoms with Gasteiger partial charge < -0.3 is 20.1 Å². The largest absolute Gasteiger partial charge is 0.508 e. The van der Waals surface area contributed by atoms with E-state index in [1.807, 2.05) is 32.8 Å². The molecule has 0 bridgehead atoms. The molecular weight excluding hydrogens is 452 g/mol. The van der Waals surface area contributed by atoms with Crippen LogP contribution in [0.3, 0.4) is 0 Å². The highest BCUT2D eigenvalue weighted by Crippen LogP contribution is 2.65. The number of phenolic OH excluding ortho intramolecular Hbond substituents is 1. The first-order chi connectivity index (χ1) is 16.4. The van der Waals surface area contributed by atoms with Gasteiger partial charge in [0.25, 0.3) is 5.92 Å². The molecule has 6 nitrogen and oxygen atoms in total. The van der Waals surface area contributed by atoms with Crippen LogP contribution in [0.25, 0.3) is 0 Å². The number of rotatable bonds is 11. The molecule has 1 fully saturated rings. The fraction of sp³-hybridized carbons (Fsp3) is 0.556. The van der Waals surface area contributed by atoms with Crippen molar-refractivity contribution in [1.82, 2.24) is 15.2 Å². The molecule has 1 amide bonds. The molecule has 35 heavy (non-hydrogen) atoms. The summed E-state index contributed by atoms with van der Waals surface area (Å²) in [5, 5.41) is 12.8. The minimum Gasteiger partial charge on any atom is -0.508 e. The number of phenols is 1. The van der Waals surface area contributed by atoms with Crippen LogP contribution >= 0.6 is 0 Å². The Morgan fingerprint density at radius 3 is 2.34 bits per heavy atom. The Labute approximate surface area is 206 Å². The number of aryl methyl sites for hydroxylation is 2. The minimum absolute atomic E-state index is 0.00416. The highest BCUT2D eigenvalue weighted by molar-refractivity contribution is 5.77. The normalized spacial score (nSPS) is 16.6. The Hall–Kier alpha value is -2.74. The van der Waals surface area contributed by atoms with Crippen LogP contribution in [-0.2, 0) is 11.2 Å². The third-order valence-corrected chi connectivity index (χ3v) is 7.48. The summed E-state index contributed by atoms with van der Waals surface area (Å²) in [6.45, 7) is 5.25. The molecule has 2 atom stereocenters. The summed E-state index contributed by atoms with van der Waals surface area (Å²) in [5.74, 6) is -3.16. The molecular formula is C27H37F2N3O3. The lowest BCUT2D eigenvalue weighted by Crippen LogP contribution is -2.43. The van der Waals surface area contributed by atoms with Gasteiger partial charge in [-0.3, -0.25) is 4.79 Å². The van der Waals surface area contributed by atoms with Crippen LogP contribution in [0.1, 0.15) is 54.4 Å². The van der Waals surface area contributed by atoms with Gasteiger partial charge in [-0.1, -0.05) is 6.07 Å². The van der Waals surface area contributed by atoms with Crippen LogP contribution in [0.2, 0.25) is 0 Å². The number of hydrogen-bond acceptors (Lipinski definition) is 5. The maximum absolute atomic E-state index is 14.7. The average Bonchev–Trinajstić information content (AvgIpc) is 3.58. The molecule has 0 radical (unpaired) electrons. The van der Waals surface area contributed by atoms with Crippen LogP contribution in [-0.4, -0.2) is 60.6 Å². The predicted octanol–water partition coefficient (Wildman–Crippen LogP) is 4.61. The quantitative estimate of drug-likeness (QED) is 0.482. The third kappa shape index (κ3) is 6.10. The van der Waals surface area contributed by atoms with Gasteiger partial charge in [0.15, 0.2) is 0 Å². The van der Waals surface area contributed by atoms with Gasteiger partial charge in [-0.2, -0.15) is 0 Å². The molecule has 1 aliphatic rings. The number of nitrogens with one attached hydrogen (secondary N) is 1. The fourth-order valence-electron chi connectivity index (χ4n) is 5.03. The summed E-state index contributed by atoms with van der Waals surface area (Å²) in [6, 6.07) is 6.86. The second kappa shape index (κ2) is 10.5. The van der Waals surface area contributed by atoms with Gasteiger partial charge in [-0.25, -0.2) is 13.8 Å². The number of methoxy groups -OCH3 is 1. The van der Waals surface area contributed by atoms with Crippen LogP contribution in [0, 0.1) is 19.3 Å². The van der Waals surface area contributed by atoms with Gasteiger partial charge in [0.05, 0.1) is 7.11 Å². The zero-order chi connectivity index (χ0) is 26.0. The zero-order valence-corrected chi connectivity index (χ0v) is 21.5. The van der Waals surface area contributed by atoms with E-state index < -0.39 is 17.3 Å². The summed E-state index contributed by atoms with van der Waals surface area (Å²) >= 11 is 0. The van der Waals surface area contributed by atoms with Crippen molar-refractivity contribution in [2.75, 3.05) is 27.7 Å². The summed E-state index contributed by atoms with van der Waals surface area (Å²) < 4.78 is 34.4. The lowest BCUT2D eigenvalue weighted by Gasteiger charge is -2.32. The number of carbonyl (C=O) groups excluding carboxylic acids is 1. The Balaban J connectivity index is 1.74. The fourth-order valence-corrected chi connectivity index (χ4v) is 5.03. The average molecular weight is 490 g/mol. The van der Waals surface area contributed by atoms with Crippen molar-refractivity contribution in [3.05, 3.63) is 52.7 Å². The lowest BCUT2D eigenvalue weighted by atomic mass is 9.77. The second-order valence-corrected chi connectivity index (χ2v) is 10.1. The number of nitrogens with zero attached hydrogens (tertiary/aromatic N) is 2. The smallest absolute Gasteiger partial charge is 0.251 e. The molecule has 1 saturated carbocycles. The number of amides is 1. The van der Waals surface area contributed by atoms with E-state index in [4.69, 9.17) is 4.74 Å². The number of likely N-dealkylation sites (N-methyl/N-ethyl adjacent to an activating group) is 1. The molecule has 1 heterocycles. The van der Waals surface area contributed by atoms with E-state index in [1.54, 1.807) is 30.5 Å². The number of aromatic hydroxyl groups is 1. The Bertz CT molecular complexity index is 1010. The zero-order valence-electron chi connectivity index (χ0n) is 21.5. The molecule has 2 N–H and O–H groups in total. The van der Waals surface area contributed by atoms with Crippen molar-refractivity contribution in [3.63, 3.8) is 0 Å². The molecule has 0 spiro atoms. The van der Waals surface area contributed by atoms with Crippen LogP contribution in [0.4, 0.5) is 8.78 Å². The number of aromatic nitrogens is 1. The van der Waals surface area contributed by atoms with Crippen LogP contribution in [0.5, 0.6) is 11.6 Å². The number of ether oxygens (including phenoxy) is 1. The van der Waals surface area contributed by atoms with E-state index in [9.17, 15) is 18.7 Å². The van der Waals surface area contributed by atoms with Gasteiger partial charge in [0.1, 0.15) is 5.75 Å². The van der Waals surface area contributed by atoms with Gasteiger partial charge in [-0.15, -0.1) is 0 Å². The van der Waals surface area contributed by atoms with Crippen molar-refractivity contribution in [3.8, 4) is 11.6 Å². The summed E-state index contributed by atoms with van der Waals surface area (Å²) in [7, 11) is 5.40. The first kappa shape index (κ1) is 26.9. The Morgan fingerprint density at radius 2 is 1.89 bits per heavy atom. The van der Waals surface area contributed by atoms with Gasteiger partial charge in [-0.05, 0) is 88.5 Å². The van der Waals surface area contributed by atoms with Crippen molar-refractivity contribution in [2.24, 2.45) is 5.41 Å². The molecule has 0 saturated heterocycles. The molecule has 0 unspecified atom stereocenters. The van der Waals surface area contributed by atoms with E-state index in [-0.39, 0.29) is 24.1 Å². The minimum atomic E-state index is -2.90. The lowest BCUT2D eigenvalue weighted by molar-refractivity contribution is -0.123. The highest BCUT2D eigenvalue weighted by Gasteiger charge is 2.63. The SMILES string of the molecule is COc1ccc([C@@H](CC(=O)NC[C@H](Cc2c(C)cc(O)cc2C)N(C)C)C2(C(C)(F)F)CC2)cn1. The standard InChI is InChI=1S/C27H37F2N3O3/c1-17-11-21(33)12-18(2)22(17)13-20(32(4)5)16-30-24(34)14-23(27(9-10-27)26(3,28)29)19-7-8-25(35-6)31-15-19/h7-8,11-12,15,20,23,33H,9-10,13-14,16H2,1-6H3,(H,30,34)/t20-,23+/m0/s1. The molecule has 0 aliphatic heterocycles. The number of hydrogen-bond donors (Lipinski definition) is 2. The van der Waals surface area contributed by atoms with Crippen molar-refractivity contribution >= 4 is 5.91 Å². The molecule has 8 heteroatoms. The summed E-state index contributed by atoms with van der Waals surface area (Å²) in [6.07, 6.45) is 2.95. The number of benzene rings is 1. The summed E-state index contributed by atoms with van der Waals surface area (Å²) in [5.41, 5.74) is 2.50. The third-order valence-electron chi connectivity index (χ3n) is 7.48. The van der Waals surface area contributed by atoms with Crippen molar-refractivity contribution in [1.29, 1.82) is 0 Å². The number of halogens is 2. The predicted molar refractivity (Wildman–Crippen MR) is 132 cm³/mol. The van der Waals surface area contributed by atoms with Gasteiger partial charge >= 0.3 is 0 Å². The van der Waals surface area contributed by atoms with E-state index >= 15 is 0 Å². The van der Waals surface area contributed by atoms with Crippen LogP contribution in [0.15, 0.2) is 30.5 Å². The first-order valence-electron chi connectivity index (χ1n) is 12.0. The van der Waals surface area contributed by atoms with Crippen molar-refractivity contribution < 1.29 is 23.4 Å². The highest BCUT2D eigenvalue weighted by atomic mass is 19.3. The van der Waals surface area contributed by atoms with Gasteiger partial charge in [0, 0.05) is 42.6 Å². The van der Waals surface area contributed by atoms with E-state index in [1.165, 1.54) is 7.11 Å². The number of pyridine rings is 1. The maximum atomic E-state index is 14.7. The molecule has 3 rings (SSSR count). The molecule has 1 aromatic carbocycles. The topological polar surface area (TPSA) is 74.7 Å². The van der Waals surface area contributed by atoms with E-state index in [0.29, 0.717) is 37.3 Å². The monoisotopic (exact) mass is 489 g/mol. The molecule has 192 valence electrons. The Morgan fingerprint density at radius 1 is 1.26 bits per heavy atom. The summed E-state index contributed by atoms with van der Waals surface area (Å²) in [4.78, 5) is 19.3. The second-order valence-electron chi connectivity index (χ2n) is 10.1. The Kier molecular flexibility index (Phi) is 8.04. The molecule has 2 aromatic rings.